The van der Waals surface area contributed by atoms with Crippen molar-refractivity contribution in [3.63, 3.8) is 0 Å². The van der Waals surface area contributed by atoms with Crippen LogP contribution in [0.3, 0.4) is 0 Å². The van der Waals surface area contributed by atoms with E-state index in [1.165, 1.54) is 141 Å². The summed E-state index contributed by atoms with van der Waals surface area (Å²) in [6, 6.07) is 11.0. The van der Waals surface area contributed by atoms with Crippen LogP contribution in [0.5, 0.6) is 0 Å². The Bertz CT molecular complexity index is 611. The Hall–Kier alpha value is -1.44. The Balaban J connectivity index is 1.51. The second-order valence-electron chi connectivity index (χ2n) is 11.0. The molecule has 0 amide bonds. The summed E-state index contributed by atoms with van der Waals surface area (Å²) in [6.07, 6.45) is 33.6. The molecule has 1 atom stereocenters. The van der Waals surface area contributed by atoms with Crippen molar-refractivity contribution in [3.8, 4) is 0 Å². The molecule has 0 aromatic heterocycles. The zero-order valence-electron chi connectivity index (χ0n) is 23.6. The lowest BCUT2D eigenvalue weighted by atomic mass is 10.0. The fourth-order valence-corrected chi connectivity index (χ4v) is 5.49. The summed E-state index contributed by atoms with van der Waals surface area (Å²) in [7, 11) is 0. The quantitative estimate of drug-likeness (QED) is 0.143. The molecule has 1 aliphatic heterocycles. The van der Waals surface area contributed by atoms with Crippen molar-refractivity contribution >= 4 is 0 Å². The van der Waals surface area contributed by atoms with E-state index in [0.717, 1.165) is 6.54 Å². The zero-order chi connectivity index (χ0) is 24.8. The molecular formula is C33H58N2. The van der Waals surface area contributed by atoms with Gasteiger partial charge in [0.05, 0.1) is 0 Å². The molecule has 1 unspecified atom stereocenters. The smallest absolute Gasteiger partial charge is 0.101 e. The molecule has 1 aromatic rings. The second kappa shape index (κ2) is 20.7. The van der Waals surface area contributed by atoms with Gasteiger partial charge in [-0.15, -0.1) is 0 Å². The van der Waals surface area contributed by atoms with Gasteiger partial charge in [-0.1, -0.05) is 153 Å². The van der Waals surface area contributed by atoms with Crippen LogP contribution in [0, 0.1) is 0 Å². The molecule has 1 aliphatic rings. The first-order valence-electron chi connectivity index (χ1n) is 15.6. The third-order valence-corrected chi connectivity index (χ3v) is 7.76. The maximum atomic E-state index is 2.61. The van der Waals surface area contributed by atoms with Gasteiger partial charge < -0.3 is 9.80 Å². The molecule has 2 heteroatoms. The van der Waals surface area contributed by atoms with Crippen LogP contribution in [0.15, 0.2) is 42.7 Å². The highest BCUT2D eigenvalue weighted by atomic mass is 15.4. The van der Waals surface area contributed by atoms with E-state index in [1.54, 1.807) is 0 Å². The van der Waals surface area contributed by atoms with E-state index in [-0.39, 0.29) is 0 Å². The lowest BCUT2D eigenvalue weighted by Crippen LogP contribution is -2.38. The number of rotatable bonds is 23. The Morgan fingerprint density at radius 3 is 1.51 bits per heavy atom. The standard InChI is InChI=1S/C33H58N2/c1-3-5-7-8-9-10-11-12-13-14-15-16-17-18-19-23-27-33-34(28-24-6-4-2)29-30-35(33)31-32-25-21-20-22-26-32/h20-22,25-26,29-30,33H,3-19,23-24,27-28,31H2,1-2H3. The minimum absolute atomic E-state index is 0.554. The highest BCUT2D eigenvalue weighted by Crippen LogP contribution is 2.24. The first-order chi connectivity index (χ1) is 17.3. The van der Waals surface area contributed by atoms with Gasteiger partial charge in [-0.25, -0.2) is 0 Å². The number of benzene rings is 1. The summed E-state index contributed by atoms with van der Waals surface area (Å²) in [5, 5.41) is 0. The fourth-order valence-electron chi connectivity index (χ4n) is 5.49. The molecule has 0 saturated carbocycles. The summed E-state index contributed by atoms with van der Waals surface area (Å²) in [5.74, 6) is 0. The number of nitrogens with zero attached hydrogens (tertiary/aromatic N) is 2. The van der Waals surface area contributed by atoms with Crippen molar-refractivity contribution in [2.75, 3.05) is 6.54 Å². The predicted molar refractivity (Wildman–Crippen MR) is 155 cm³/mol. The summed E-state index contributed by atoms with van der Waals surface area (Å²) < 4.78 is 0. The summed E-state index contributed by atoms with van der Waals surface area (Å²) in [6.45, 7) is 6.84. The SMILES string of the molecule is CCCCCCCCCCCCCCCCCCC1N(CCCCC)C=CN1Cc1ccccc1. The van der Waals surface area contributed by atoms with Gasteiger partial charge in [-0.05, 0) is 24.8 Å². The summed E-state index contributed by atoms with van der Waals surface area (Å²) in [4.78, 5) is 5.19. The van der Waals surface area contributed by atoms with E-state index in [2.05, 4.69) is 66.4 Å². The van der Waals surface area contributed by atoms with E-state index in [9.17, 15) is 0 Å². The first kappa shape index (κ1) is 29.8. The van der Waals surface area contributed by atoms with Gasteiger partial charge >= 0.3 is 0 Å². The van der Waals surface area contributed by atoms with E-state index < -0.39 is 0 Å². The predicted octanol–water partition coefficient (Wildman–Crippen LogP) is 10.4. The van der Waals surface area contributed by atoms with Crippen LogP contribution in [0.25, 0.3) is 0 Å². The van der Waals surface area contributed by atoms with Crippen LogP contribution in [0.4, 0.5) is 0 Å². The molecule has 0 saturated heterocycles. The van der Waals surface area contributed by atoms with Gasteiger partial charge in [0.25, 0.3) is 0 Å². The monoisotopic (exact) mass is 482 g/mol. The van der Waals surface area contributed by atoms with Crippen LogP contribution in [-0.4, -0.2) is 22.5 Å². The number of hydrogen-bond donors (Lipinski definition) is 0. The molecule has 2 nitrogen and oxygen atoms in total. The minimum atomic E-state index is 0.554. The van der Waals surface area contributed by atoms with E-state index in [4.69, 9.17) is 0 Å². The summed E-state index contributed by atoms with van der Waals surface area (Å²) >= 11 is 0. The second-order valence-corrected chi connectivity index (χ2v) is 11.0. The fraction of sp³-hybridized carbons (Fsp3) is 0.758. The van der Waals surface area contributed by atoms with Crippen LogP contribution >= 0.6 is 0 Å². The van der Waals surface area contributed by atoms with Crippen molar-refractivity contribution in [2.45, 2.75) is 155 Å². The zero-order valence-corrected chi connectivity index (χ0v) is 23.6. The molecule has 0 radical (unpaired) electrons. The van der Waals surface area contributed by atoms with Gasteiger partial charge in [0.1, 0.15) is 6.17 Å². The maximum absolute atomic E-state index is 2.61. The van der Waals surface area contributed by atoms with Gasteiger partial charge in [0.15, 0.2) is 0 Å². The van der Waals surface area contributed by atoms with Gasteiger partial charge in [-0.2, -0.15) is 0 Å². The topological polar surface area (TPSA) is 6.48 Å². The van der Waals surface area contributed by atoms with Crippen molar-refractivity contribution in [1.82, 2.24) is 9.80 Å². The molecular weight excluding hydrogens is 424 g/mol. The molecule has 200 valence electrons. The van der Waals surface area contributed by atoms with E-state index in [1.807, 2.05) is 0 Å². The third-order valence-electron chi connectivity index (χ3n) is 7.76. The molecule has 0 fully saturated rings. The molecule has 0 N–H and O–H groups in total. The average molecular weight is 483 g/mol. The van der Waals surface area contributed by atoms with E-state index in [0.29, 0.717) is 6.17 Å². The number of hydrogen-bond acceptors (Lipinski definition) is 2. The Morgan fingerprint density at radius 2 is 0.971 bits per heavy atom. The minimum Gasteiger partial charge on any atom is -0.356 e. The Morgan fingerprint density at radius 1 is 0.514 bits per heavy atom. The highest BCUT2D eigenvalue weighted by Gasteiger charge is 2.25. The highest BCUT2D eigenvalue weighted by molar-refractivity contribution is 5.15. The normalized spacial score (nSPS) is 15.4. The molecule has 0 aliphatic carbocycles. The molecule has 2 rings (SSSR count). The lowest BCUT2D eigenvalue weighted by molar-refractivity contribution is 0.132. The average Bonchev–Trinajstić information content (AvgIpc) is 3.25. The Labute approximate surface area is 219 Å². The maximum Gasteiger partial charge on any atom is 0.101 e. The van der Waals surface area contributed by atoms with Crippen LogP contribution < -0.4 is 0 Å². The Kier molecular flexibility index (Phi) is 17.6. The molecule has 0 bridgehead atoms. The lowest BCUT2D eigenvalue weighted by Gasteiger charge is -2.33. The van der Waals surface area contributed by atoms with Gasteiger partial charge in [-0.3, -0.25) is 0 Å². The molecule has 1 heterocycles. The van der Waals surface area contributed by atoms with Crippen LogP contribution in [-0.2, 0) is 6.54 Å². The van der Waals surface area contributed by atoms with Gasteiger partial charge in [0, 0.05) is 25.5 Å². The van der Waals surface area contributed by atoms with Crippen LogP contribution in [0.1, 0.15) is 148 Å². The van der Waals surface area contributed by atoms with Crippen LogP contribution in [0.2, 0.25) is 0 Å². The molecule has 1 aromatic carbocycles. The first-order valence-corrected chi connectivity index (χ1v) is 15.6. The number of unbranched alkanes of at least 4 members (excludes halogenated alkanes) is 17. The van der Waals surface area contributed by atoms with Crippen molar-refractivity contribution in [3.05, 3.63) is 48.3 Å². The largest absolute Gasteiger partial charge is 0.356 e. The van der Waals surface area contributed by atoms with Crippen molar-refractivity contribution < 1.29 is 0 Å². The molecule has 0 spiro atoms. The van der Waals surface area contributed by atoms with Crippen molar-refractivity contribution in [1.29, 1.82) is 0 Å². The van der Waals surface area contributed by atoms with E-state index >= 15 is 0 Å². The third kappa shape index (κ3) is 14.0. The van der Waals surface area contributed by atoms with Crippen molar-refractivity contribution in [2.24, 2.45) is 0 Å². The summed E-state index contributed by atoms with van der Waals surface area (Å²) in [5.41, 5.74) is 1.42. The van der Waals surface area contributed by atoms with Gasteiger partial charge in [0.2, 0.25) is 0 Å². The molecule has 35 heavy (non-hydrogen) atoms.